The van der Waals surface area contributed by atoms with Crippen molar-refractivity contribution in [2.45, 2.75) is 44.9 Å². The second kappa shape index (κ2) is 7.44. The molecule has 2 heterocycles. The van der Waals surface area contributed by atoms with Crippen LogP contribution < -0.4 is 0 Å². The van der Waals surface area contributed by atoms with Crippen LogP contribution >= 0.6 is 11.8 Å². The number of esters is 1. The summed E-state index contributed by atoms with van der Waals surface area (Å²) in [4.78, 5) is 31.8. The Morgan fingerprint density at radius 3 is 2.64 bits per heavy atom. The molecule has 0 spiro atoms. The Morgan fingerprint density at radius 2 is 2.00 bits per heavy atom. The number of fused-ring (bicyclic) bond motifs is 1. The van der Waals surface area contributed by atoms with Gasteiger partial charge in [-0.3, -0.25) is 9.69 Å². The number of carbonyl (C=O) groups excluding carboxylic acids is 2. The highest BCUT2D eigenvalue weighted by Crippen LogP contribution is 2.44. The third-order valence-electron chi connectivity index (χ3n) is 4.31. The molecule has 0 unspecified atom stereocenters. The van der Waals surface area contributed by atoms with E-state index < -0.39 is 12.0 Å². The Bertz CT molecular complexity index is 742. The molecule has 2 aliphatic rings. The number of thioether (sulfide) groups is 1. The highest BCUT2D eigenvalue weighted by atomic mass is 32.2. The minimum atomic E-state index is -0.477. The van der Waals surface area contributed by atoms with Crippen molar-refractivity contribution in [3.8, 4) is 0 Å². The van der Waals surface area contributed by atoms with Crippen molar-refractivity contribution in [3.63, 3.8) is 0 Å². The van der Waals surface area contributed by atoms with Gasteiger partial charge >= 0.3 is 5.97 Å². The Labute approximate surface area is 152 Å². The molecular formula is C19H22N2O3S. The van der Waals surface area contributed by atoms with Crippen LogP contribution in [0.3, 0.4) is 0 Å². The first-order valence-corrected chi connectivity index (χ1v) is 9.47. The average Bonchev–Trinajstić information content (AvgIpc) is 2.90. The molecule has 1 aromatic rings. The van der Waals surface area contributed by atoms with Crippen LogP contribution in [0.5, 0.6) is 0 Å². The number of hydrogen-bond donors (Lipinski definition) is 0. The van der Waals surface area contributed by atoms with Crippen molar-refractivity contribution in [1.29, 1.82) is 0 Å². The number of amides is 1. The lowest BCUT2D eigenvalue weighted by atomic mass is 9.94. The van der Waals surface area contributed by atoms with Gasteiger partial charge in [-0.2, -0.15) is 0 Å². The molecule has 1 saturated heterocycles. The van der Waals surface area contributed by atoms with Crippen LogP contribution in [-0.2, 0) is 14.3 Å². The molecule has 3 rings (SSSR count). The van der Waals surface area contributed by atoms with Gasteiger partial charge in [0.05, 0.1) is 29.2 Å². The Hall–Kier alpha value is -2.08. The normalized spacial score (nSPS) is 22.8. The summed E-state index contributed by atoms with van der Waals surface area (Å²) in [6, 6.07) is 9.14. The quantitative estimate of drug-likeness (QED) is 0.754. The molecule has 2 aliphatic heterocycles. The summed E-state index contributed by atoms with van der Waals surface area (Å²) in [5, 5.41) is 0.548. The first-order valence-electron chi connectivity index (χ1n) is 8.59. The van der Waals surface area contributed by atoms with Crippen LogP contribution in [0.15, 0.2) is 46.6 Å². The zero-order valence-corrected chi connectivity index (χ0v) is 15.5. The molecule has 1 aromatic carbocycles. The summed E-state index contributed by atoms with van der Waals surface area (Å²) in [5.74, 6) is -0.387. The second-order valence-corrected chi connectivity index (χ2v) is 7.20. The maximum atomic E-state index is 13.0. The highest BCUT2D eigenvalue weighted by molar-refractivity contribution is 8.15. The van der Waals surface area contributed by atoms with Crippen molar-refractivity contribution in [3.05, 3.63) is 47.2 Å². The third-order valence-corrected chi connectivity index (χ3v) is 5.53. The van der Waals surface area contributed by atoms with Gasteiger partial charge in [-0.25, -0.2) is 9.79 Å². The Balaban J connectivity index is 2.09. The molecule has 0 radical (unpaired) electrons. The predicted octanol–water partition coefficient (Wildman–Crippen LogP) is 3.68. The van der Waals surface area contributed by atoms with E-state index in [1.54, 1.807) is 11.8 Å². The number of rotatable bonds is 5. The second-order valence-electron chi connectivity index (χ2n) is 6.03. The minimum Gasteiger partial charge on any atom is -0.463 e. The standard InChI is InChI=1S/C19H22N2O3S/c1-4-9-14-17(22)21-16(13-10-7-6-8-11-13)15(18(23)24-5-2)12(3)20-19(21)25-14/h6-8,10-11,14,16H,4-5,9H2,1-3H3/t14-,16-/m1/s1. The molecule has 25 heavy (non-hydrogen) atoms. The maximum absolute atomic E-state index is 13.0. The number of nitrogens with zero attached hydrogens (tertiary/aromatic N) is 2. The molecule has 0 N–H and O–H groups in total. The smallest absolute Gasteiger partial charge is 0.338 e. The molecule has 1 fully saturated rings. The molecule has 0 aromatic heterocycles. The van der Waals surface area contributed by atoms with Crippen LogP contribution in [0, 0.1) is 0 Å². The van der Waals surface area contributed by atoms with Crippen LogP contribution in [0.2, 0.25) is 0 Å². The number of amidine groups is 1. The Kier molecular flexibility index (Phi) is 5.27. The lowest BCUT2D eigenvalue weighted by Crippen LogP contribution is -2.40. The van der Waals surface area contributed by atoms with E-state index in [0.29, 0.717) is 16.4 Å². The number of allylic oxidation sites excluding steroid dienone is 1. The van der Waals surface area contributed by atoms with Gasteiger partial charge in [-0.15, -0.1) is 0 Å². The molecule has 2 atom stereocenters. The summed E-state index contributed by atoms with van der Waals surface area (Å²) in [5.41, 5.74) is 1.96. The van der Waals surface area contributed by atoms with Crippen LogP contribution in [-0.4, -0.2) is 33.8 Å². The van der Waals surface area contributed by atoms with Gasteiger partial charge in [0.1, 0.15) is 0 Å². The molecule has 5 nitrogen and oxygen atoms in total. The van der Waals surface area contributed by atoms with Crippen molar-refractivity contribution in [2.75, 3.05) is 6.61 Å². The molecule has 0 aliphatic carbocycles. The average molecular weight is 358 g/mol. The summed E-state index contributed by atoms with van der Waals surface area (Å²) >= 11 is 1.50. The van der Waals surface area contributed by atoms with Gasteiger partial charge in [-0.05, 0) is 25.8 Å². The van der Waals surface area contributed by atoms with E-state index in [4.69, 9.17) is 4.74 Å². The zero-order valence-electron chi connectivity index (χ0n) is 14.7. The van der Waals surface area contributed by atoms with Gasteiger partial charge in [-0.1, -0.05) is 55.4 Å². The molecule has 132 valence electrons. The van der Waals surface area contributed by atoms with E-state index in [-0.39, 0.29) is 17.8 Å². The highest BCUT2D eigenvalue weighted by Gasteiger charge is 2.47. The van der Waals surface area contributed by atoms with E-state index in [9.17, 15) is 9.59 Å². The first-order chi connectivity index (χ1) is 12.1. The maximum Gasteiger partial charge on any atom is 0.338 e. The number of benzene rings is 1. The van der Waals surface area contributed by atoms with E-state index in [1.807, 2.05) is 37.3 Å². The molecule has 1 amide bonds. The monoisotopic (exact) mass is 358 g/mol. The number of hydrogen-bond acceptors (Lipinski definition) is 5. The fourth-order valence-electron chi connectivity index (χ4n) is 3.20. The SMILES string of the molecule is CCC[C@H]1SC2=NC(C)=C(C(=O)OCC)[C@@H](c3ccccc3)N2C1=O. The largest absolute Gasteiger partial charge is 0.463 e. The van der Waals surface area contributed by atoms with Gasteiger partial charge in [0, 0.05) is 0 Å². The van der Waals surface area contributed by atoms with Crippen molar-refractivity contribution >= 4 is 28.8 Å². The Morgan fingerprint density at radius 1 is 1.28 bits per heavy atom. The van der Waals surface area contributed by atoms with Crippen LogP contribution in [0.25, 0.3) is 0 Å². The number of ether oxygens (including phenoxy) is 1. The third kappa shape index (κ3) is 3.23. The van der Waals surface area contributed by atoms with Gasteiger partial charge in [0.25, 0.3) is 0 Å². The number of aliphatic imine (C=N–C) groups is 1. The van der Waals surface area contributed by atoms with Crippen molar-refractivity contribution in [1.82, 2.24) is 4.90 Å². The summed E-state index contributed by atoms with van der Waals surface area (Å²) in [7, 11) is 0. The summed E-state index contributed by atoms with van der Waals surface area (Å²) < 4.78 is 5.25. The predicted molar refractivity (Wildman–Crippen MR) is 99.1 cm³/mol. The fraction of sp³-hybridized carbons (Fsp3) is 0.421. The van der Waals surface area contributed by atoms with Gasteiger partial charge < -0.3 is 4.74 Å². The summed E-state index contributed by atoms with van der Waals surface area (Å²) in [6.07, 6.45) is 1.73. The van der Waals surface area contributed by atoms with Crippen molar-refractivity contribution in [2.24, 2.45) is 4.99 Å². The lowest BCUT2D eigenvalue weighted by Gasteiger charge is -2.33. The molecule has 0 bridgehead atoms. The fourth-order valence-corrected chi connectivity index (χ4v) is 4.52. The topological polar surface area (TPSA) is 59.0 Å². The number of carbonyl (C=O) groups is 2. The van der Waals surface area contributed by atoms with E-state index >= 15 is 0 Å². The minimum absolute atomic E-state index is 0.0220. The van der Waals surface area contributed by atoms with Crippen LogP contribution in [0.4, 0.5) is 0 Å². The zero-order chi connectivity index (χ0) is 18.0. The molecular weight excluding hydrogens is 336 g/mol. The molecule has 0 saturated carbocycles. The first kappa shape index (κ1) is 17.7. The van der Waals surface area contributed by atoms with E-state index in [2.05, 4.69) is 11.9 Å². The van der Waals surface area contributed by atoms with E-state index in [1.165, 1.54) is 11.8 Å². The summed E-state index contributed by atoms with van der Waals surface area (Å²) in [6.45, 7) is 5.94. The van der Waals surface area contributed by atoms with E-state index in [0.717, 1.165) is 18.4 Å². The van der Waals surface area contributed by atoms with Gasteiger partial charge in [0.15, 0.2) is 5.17 Å². The molecule has 6 heteroatoms. The van der Waals surface area contributed by atoms with Crippen LogP contribution in [0.1, 0.15) is 45.2 Å². The van der Waals surface area contributed by atoms with Crippen molar-refractivity contribution < 1.29 is 14.3 Å². The van der Waals surface area contributed by atoms with Gasteiger partial charge in [0.2, 0.25) is 5.91 Å². The lowest BCUT2D eigenvalue weighted by molar-refractivity contribution is -0.139.